The van der Waals surface area contributed by atoms with Gasteiger partial charge < -0.3 is 13.9 Å². The van der Waals surface area contributed by atoms with Crippen molar-refractivity contribution in [1.82, 2.24) is 19.9 Å². The molecule has 0 aromatic carbocycles. The Labute approximate surface area is 121 Å². The number of hydrogen-bond acceptors (Lipinski definition) is 7. The fourth-order valence-corrected chi connectivity index (χ4v) is 1.75. The van der Waals surface area contributed by atoms with Crippen molar-refractivity contribution in [1.29, 1.82) is 0 Å². The van der Waals surface area contributed by atoms with Crippen molar-refractivity contribution in [2.24, 2.45) is 0 Å². The normalized spacial score (nSPS) is 10.8. The molecule has 0 aliphatic rings. The first-order chi connectivity index (χ1) is 10.3. The van der Waals surface area contributed by atoms with Crippen molar-refractivity contribution in [3.05, 3.63) is 30.4 Å². The molecule has 3 aromatic rings. The summed E-state index contributed by atoms with van der Waals surface area (Å²) in [6.45, 7) is 4.47. The van der Waals surface area contributed by atoms with Crippen molar-refractivity contribution in [2.75, 3.05) is 6.61 Å². The number of nitrogens with zero attached hydrogens (tertiary/aromatic N) is 4. The fourth-order valence-electron chi connectivity index (χ4n) is 1.75. The third-order valence-electron chi connectivity index (χ3n) is 2.65. The number of aromatic nitrogens is 4. The van der Waals surface area contributed by atoms with Gasteiger partial charge in [-0.15, -0.1) is 0 Å². The first-order valence-electron chi connectivity index (χ1n) is 6.60. The molecular weight excluding hydrogens is 272 g/mol. The Balaban J connectivity index is 1.94. The van der Waals surface area contributed by atoms with E-state index < -0.39 is 0 Å². The van der Waals surface area contributed by atoms with Crippen LogP contribution in [-0.2, 0) is 0 Å². The first-order valence-corrected chi connectivity index (χ1v) is 6.60. The molecule has 0 amide bonds. The van der Waals surface area contributed by atoms with Gasteiger partial charge in [0.2, 0.25) is 5.88 Å². The van der Waals surface area contributed by atoms with E-state index in [0.29, 0.717) is 29.5 Å². The summed E-state index contributed by atoms with van der Waals surface area (Å²) in [5, 5.41) is 0. The van der Waals surface area contributed by atoms with E-state index in [2.05, 4.69) is 19.9 Å². The van der Waals surface area contributed by atoms with Crippen LogP contribution in [-0.4, -0.2) is 26.5 Å². The number of rotatable bonds is 5. The maximum Gasteiger partial charge on any atom is 0.328 e. The smallest absolute Gasteiger partial charge is 0.328 e. The lowest BCUT2D eigenvalue weighted by atomic mass is 10.3. The largest absolute Gasteiger partial charge is 0.476 e. The highest BCUT2D eigenvalue weighted by atomic mass is 16.5. The Morgan fingerprint density at radius 2 is 2.14 bits per heavy atom. The van der Waals surface area contributed by atoms with E-state index in [9.17, 15) is 0 Å². The van der Waals surface area contributed by atoms with Gasteiger partial charge in [-0.25, -0.2) is 4.98 Å². The molecule has 0 radical (unpaired) electrons. The molecule has 0 aliphatic heterocycles. The number of hydrogen-bond donors (Lipinski definition) is 0. The van der Waals surface area contributed by atoms with Crippen LogP contribution in [0.15, 0.2) is 29.3 Å². The van der Waals surface area contributed by atoms with Crippen LogP contribution < -0.4 is 9.47 Å². The van der Waals surface area contributed by atoms with E-state index in [1.165, 1.54) is 6.39 Å². The predicted octanol–water partition coefficient (Wildman–Crippen LogP) is 2.90. The minimum Gasteiger partial charge on any atom is -0.476 e. The van der Waals surface area contributed by atoms with Gasteiger partial charge in [0.25, 0.3) is 5.71 Å². The summed E-state index contributed by atoms with van der Waals surface area (Å²) in [5.41, 5.74) is 1.79. The topological polar surface area (TPSA) is 83.2 Å². The van der Waals surface area contributed by atoms with Crippen LogP contribution in [0.25, 0.3) is 11.2 Å². The lowest BCUT2D eigenvalue weighted by molar-refractivity contribution is 0.302. The lowest BCUT2D eigenvalue weighted by Gasteiger charge is -2.07. The van der Waals surface area contributed by atoms with E-state index in [4.69, 9.17) is 13.9 Å². The fraction of sp³-hybridized carbons (Fsp3) is 0.286. The Morgan fingerprint density at radius 1 is 1.24 bits per heavy atom. The SMILES string of the molecule is CCCOc1nc(Oc2cncc(C)c2)nc2ocnc12. The molecule has 7 nitrogen and oxygen atoms in total. The first kappa shape index (κ1) is 13.3. The summed E-state index contributed by atoms with van der Waals surface area (Å²) in [4.78, 5) is 16.5. The monoisotopic (exact) mass is 286 g/mol. The Hall–Kier alpha value is -2.70. The molecule has 108 valence electrons. The lowest BCUT2D eigenvalue weighted by Crippen LogP contribution is -2.01. The highest BCUT2D eigenvalue weighted by Crippen LogP contribution is 2.26. The van der Waals surface area contributed by atoms with Crippen LogP contribution in [0.1, 0.15) is 18.9 Å². The number of oxazole rings is 1. The van der Waals surface area contributed by atoms with Gasteiger partial charge in [-0.1, -0.05) is 6.92 Å². The van der Waals surface area contributed by atoms with Gasteiger partial charge in [-0.05, 0) is 25.0 Å². The number of pyridine rings is 1. The van der Waals surface area contributed by atoms with E-state index in [-0.39, 0.29) is 6.01 Å². The molecular formula is C14H14N4O3. The molecule has 0 fully saturated rings. The van der Waals surface area contributed by atoms with Crippen LogP contribution >= 0.6 is 0 Å². The predicted molar refractivity (Wildman–Crippen MR) is 74.4 cm³/mol. The molecule has 0 N–H and O–H groups in total. The maximum absolute atomic E-state index is 5.60. The van der Waals surface area contributed by atoms with Crippen LogP contribution in [0.4, 0.5) is 0 Å². The van der Waals surface area contributed by atoms with Gasteiger partial charge in [0.15, 0.2) is 11.9 Å². The number of ether oxygens (including phenoxy) is 2. The molecule has 0 spiro atoms. The van der Waals surface area contributed by atoms with E-state index in [1.54, 1.807) is 12.4 Å². The second-order valence-corrected chi connectivity index (χ2v) is 4.47. The Bertz CT molecular complexity index is 757. The Morgan fingerprint density at radius 3 is 2.95 bits per heavy atom. The highest BCUT2D eigenvalue weighted by molar-refractivity contribution is 5.73. The standard InChI is InChI=1S/C14H14N4O3/c1-3-4-19-12-11-13(20-8-16-11)18-14(17-12)21-10-5-9(2)6-15-7-10/h5-8H,3-4H2,1-2H3. The summed E-state index contributed by atoms with van der Waals surface area (Å²) in [7, 11) is 0. The second-order valence-electron chi connectivity index (χ2n) is 4.47. The van der Waals surface area contributed by atoms with Gasteiger partial charge in [0.05, 0.1) is 12.8 Å². The van der Waals surface area contributed by atoms with Crippen LogP contribution in [0.3, 0.4) is 0 Å². The average molecular weight is 286 g/mol. The van der Waals surface area contributed by atoms with Crippen molar-refractivity contribution >= 4 is 11.2 Å². The quantitative estimate of drug-likeness (QED) is 0.713. The Kier molecular flexibility index (Phi) is 3.63. The number of fused-ring (bicyclic) bond motifs is 1. The van der Waals surface area contributed by atoms with Gasteiger partial charge in [0.1, 0.15) is 5.75 Å². The molecule has 0 aliphatic carbocycles. The molecule has 3 aromatic heterocycles. The molecule has 0 atom stereocenters. The molecule has 3 rings (SSSR count). The van der Waals surface area contributed by atoms with Crippen molar-refractivity contribution in [3.63, 3.8) is 0 Å². The third kappa shape index (κ3) is 2.91. The van der Waals surface area contributed by atoms with Gasteiger partial charge in [-0.3, -0.25) is 4.98 Å². The van der Waals surface area contributed by atoms with Crippen LogP contribution in [0.5, 0.6) is 17.6 Å². The van der Waals surface area contributed by atoms with Crippen molar-refractivity contribution in [2.45, 2.75) is 20.3 Å². The number of aryl methyl sites for hydroxylation is 1. The average Bonchev–Trinajstić information content (AvgIpc) is 2.93. The zero-order chi connectivity index (χ0) is 14.7. The molecule has 21 heavy (non-hydrogen) atoms. The molecule has 0 saturated carbocycles. The van der Waals surface area contributed by atoms with Crippen molar-refractivity contribution in [3.8, 4) is 17.6 Å². The van der Waals surface area contributed by atoms with E-state index in [1.807, 2.05) is 19.9 Å². The molecule has 0 bridgehead atoms. The highest BCUT2D eigenvalue weighted by Gasteiger charge is 2.14. The minimum atomic E-state index is 0.137. The summed E-state index contributed by atoms with van der Waals surface area (Å²) in [5.74, 6) is 0.904. The summed E-state index contributed by atoms with van der Waals surface area (Å²) in [6, 6.07) is 1.98. The van der Waals surface area contributed by atoms with Crippen LogP contribution in [0.2, 0.25) is 0 Å². The zero-order valence-electron chi connectivity index (χ0n) is 11.7. The van der Waals surface area contributed by atoms with E-state index in [0.717, 1.165) is 12.0 Å². The van der Waals surface area contributed by atoms with Gasteiger partial charge in [-0.2, -0.15) is 9.97 Å². The van der Waals surface area contributed by atoms with Gasteiger partial charge in [0, 0.05) is 6.20 Å². The minimum absolute atomic E-state index is 0.137. The molecule has 0 saturated heterocycles. The van der Waals surface area contributed by atoms with Crippen LogP contribution in [0, 0.1) is 6.92 Å². The maximum atomic E-state index is 5.60. The van der Waals surface area contributed by atoms with Gasteiger partial charge >= 0.3 is 6.01 Å². The molecule has 7 heteroatoms. The van der Waals surface area contributed by atoms with E-state index >= 15 is 0 Å². The van der Waals surface area contributed by atoms with Crippen molar-refractivity contribution < 1.29 is 13.9 Å². The zero-order valence-corrected chi connectivity index (χ0v) is 11.7. The summed E-state index contributed by atoms with van der Waals surface area (Å²) >= 11 is 0. The summed E-state index contributed by atoms with van der Waals surface area (Å²) in [6.07, 6.45) is 5.49. The summed E-state index contributed by atoms with van der Waals surface area (Å²) < 4.78 is 16.4. The second kappa shape index (κ2) is 5.74. The third-order valence-corrected chi connectivity index (χ3v) is 2.65. The molecule has 0 unspecified atom stereocenters. The molecule has 3 heterocycles.